The lowest BCUT2D eigenvalue weighted by Gasteiger charge is -2.16. The SMILES string of the molecule is CN(CCCOC(=O)c1ccc(N)cc1)CCCc1ccccc1. The van der Waals surface area contributed by atoms with Gasteiger partial charge in [-0.15, -0.1) is 0 Å². The average Bonchev–Trinajstić information content (AvgIpc) is 2.60. The van der Waals surface area contributed by atoms with Crippen molar-refractivity contribution in [2.24, 2.45) is 0 Å². The second kappa shape index (κ2) is 9.73. The molecule has 24 heavy (non-hydrogen) atoms. The van der Waals surface area contributed by atoms with Crippen LogP contribution in [0.4, 0.5) is 5.69 Å². The van der Waals surface area contributed by atoms with Crippen LogP contribution in [0.25, 0.3) is 0 Å². The Balaban J connectivity index is 1.56. The fraction of sp³-hybridized carbons (Fsp3) is 0.350. The minimum absolute atomic E-state index is 0.290. The summed E-state index contributed by atoms with van der Waals surface area (Å²) in [5.74, 6) is -0.290. The number of hydrogen-bond donors (Lipinski definition) is 1. The highest BCUT2D eigenvalue weighted by atomic mass is 16.5. The molecule has 0 amide bonds. The molecule has 2 rings (SSSR count). The van der Waals surface area contributed by atoms with Gasteiger partial charge in [0.15, 0.2) is 0 Å². The first-order valence-corrected chi connectivity index (χ1v) is 8.40. The van der Waals surface area contributed by atoms with E-state index in [2.05, 4.69) is 36.2 Å². The highest BCUT2D eigenvalue weighted by Gasteiger charge is 2.06. The summed E-state index contributed by atoms with van der Waals surface area (Å²) in [6, 6.07) is 17.3. The van der Waals surface area contributed by atoms with Crippen LogP contribution in [0.2, 0.25) is 0 Å². The molecule has 0 saturated carbocycles. The van der Waals surface area contributed by atoms with Crippen molar-refractivity contribution < 1.29 is 9.53 Å². The molecule has 128 valence electrons. The van der Waals surface area contributed by atoms with E-state index >= 15 is 0 Å². The molecule has 0 radical (unpaired) electrons. The smallest absolute Gasteiger partial charge is 0.338 e. The lowest BCUT2D eigenvalue weighted by atomic mass is 10.1. The summed E-state index contributed by atoms with van der Waals surface area (Å²) in [6.45, 7) is 2.40. The molecular formula is C20H26N2O2. The molecule has 0 aliphatic heterocycles. The predicted molar refractivity (Wildman–Crippen MR) is 98.0 cm³/mol. The van der Waals surface area contributed by atoms with Crippen molar-refractivity contribution in [1.29, 1.82) is 0 Å². The number of nitrogens with two attached hydrogens (primary N) is 1. The fourth-order valence-electron chi connectivity index (χ4n) is 2.51. The quantitative estimate of drug-likeness (QED) is 0.436. The van der Waals surface area contributed by atoms with Crippen LogP contribution >= 0.6 is 0 Å². The number of esters is 1. The number of carbonyl (C=O) groups is 1. The van der Waals surface area contributed by atoms with Gasteiger partial charge in [0.25, 0.3) is 0 Å². The number of carbonyl (C=O) groups excluding carboxylic acids is 1. The van der Waals surface area contributed by atoms with E-state index in [1.807, 2.05) is 6.07 Å². The highest BCUT2D eigenvalue weighted by Crippen LogP contribution is 2.07. The number of ether oxygens (including phenoxy) is 1. The summed E-state index contributed by atoms with van der Waals surface area (Å²) >= 11 is 0. The molecule has 0 saturated heterocycles. The number of anilines is 1. The molecule has 4 nitrogen and oxygen atoms in total. The Morgan fingerprint density at radius 1 is 1.00 bits per heavy atom. The Kier molecular flexibility index (Phi) is 7.30. The molecule has 2 N–H and O–H groups in total. The minimum Gasteiger partial charge on any atom is -0.462 e. The minimum atomic E-state index is -0.290. The number of nitrogen functional groups attached to an aromatic ring is 1. The van der Waals surface area contributed by atoms with Gasteiger partial charge in [-0.1, -0.05) is 30.3 Å². The van der Waals surface area contributed by atoms with Gasteiger partial charge >= 0.3 is 5.97 Å². The molecule has 2 aromatic carbocycles. The molecule has 0 aliphatic rings. The van der Waals surface area contributed by atoms with Crippen LogP contribution in [-0.4, -0.2) is 37.6 Å². The van der Waals surface area contributed by atoms with Crippen molar-refractivity contribution in [3.05, 3.63) is 65.7 Å². The van der Waals surface area contributed by atoms with Crippen molar-refractivity contribution in [2.45, 2.75) is 19.3 Å². The van der Waals surface area contributed by atoms with Gasteiger partial charge in [-0.2, -0.15) is 0 Å². The zero-order chi connectivity index (χ0) is 17.2. The van der Waals surface area contributed by atoms with Crippen LogP contribution in [0.3, 0.4) is 0 Å². The van der Waals surface area contributed by atoms with Gasteiger partial charge in [-0.3, -0.25) is 0 Å². The molecule has 0 aromatic heterocycles. The monoisotopic (exact) mass is 326 g/mol. The molecule has 0 unspecified atom stereocenters. The van der Waals surface area contributed by atoms with Crippen LogP contribution in [0, 0.1) is 0 Å². The number of nitrogens with zero attached hydrogens (tertiary/aromatic N) is 1. The average molecular weight is 326 g/mol. The molecule has 4 heteroatoms. The van der Waals surface area contributed by atoms with Crippen molar-refractivity contribution in [2.75, 3.05) is 32.5 Å². The number of rotatable bonds is 9. The van der Waals surface area contributed by atoms with E-state index in [0.29, 0.717) is 17.9 Å². The van der Waals surface area contributed by atoms with Gasteiger partial charge in [0.05, 0.1) is 12.2 Å². The van der Waals surface area contributed by atoms with Crippen molar-refractivity contribution in [3.63, 3.8) is 0 Å². The van der Waals surface area contributed by atoms with Gasteiger partial charge in [0.1, 0.15) is 0 Å². The first kappa shape index (κ1) is 18.0. The van der Waals surface area contributed by atoms with Crippen LogP contribution in [-0.2, 0) is 11.2 Å². The molecule has 0 bridgehead atoms. The molecule has 0 heterocycles. The Morgan fingerprint density at radius 2 is 1.67 bits per heavy atom. The Labute approximate surface area is 144 Å². The summed E-state index contributed by atoms with van der Waals surface area (Å²) in [4.78, 5) is 14.1. The first-order chi connectivity index (χ1) is 11.6. The topological polar surface area (TPSA) is 55.6 Å². The van der Waals surface area contributed by atoms with E-state index in [1.165, 1.54) is 5.56 Å². The Morgan fingerprint density at radius 3 is 2.38 bits per heavy atom. The van der Waals surface area contributed by atoms with Crippen molar-refractivity contribution >= 4 is 11.7 Å². The van der Waals surface area contributed by atoms with E-state index in [1.54, 1.807) is 24.3 Å². The maximum atomic E-state index is 11.9. The molecular weight excluding hydrogens is 300 g/mol. The molecule has 0 spiro atoms. The highest BCUT2D eigenvalue weighted by molar-refractivity contribution is 5.89. The second-order valence-corrected chi connectivity index (χ2v) is 6.00. The van der Waals surface area contributed by atoms with E-state index in [0.717, 1.165) is 32.4 Å². The van der Waals surface area contributed by atoms with Crippen molar-refractivity contribution in [3.8, 4) is 0 Å². The van der Waals surface area contributed by atoms with Crippen LogP contribution in [0.15, 0.2) is 54.6 Å². The molecule has 0 atom stereocenters. The zero-order valence-corrected chi connectivity index (χ0v) is 14.3. The molecule has 0 aliphatic carbocycles. The number of hydrogen-bond acceptors (Lipinski definition) is 4. The van der Waals surface area contributed by atoms with Crippen molar-refractivity contribution in [1.82, 2.24) is 4.90 Å². The van der Waals surface area contributed by atoms with Gasteiger partial charge in [0, 0.05) is 12.2 Å². The maximum Gasteiger partial charge on any atom is 0.338 e. The van der Waals surface area contributed by atoms with E-state index in [4.69, 9.17) is 10.5 Å². The van der Waals surface area contributed by atoms with E-state index < -0.39 is 0 Å². The standard InChI is InChI=1S/C20H26N2O2/c1-22(14-5-9-17-7-3-2-4-8-17)15-6-16-24-20(23)18-10-12-19(21)13-11-18/h2-4,7-8,10-13H,5-6,9,14-16,21H2,1H3. The maximum absolute atomic E-state index is 11.9. The summed E-state index contributed by atoms with van der Waals surface area (Å²) < 4.78 is 5.29. The summed E-state index contributed by atoms with van der Waals surface area (Å²) in [7, 11) is 2.10. The zero-order valence-electron chi connectivity index (χ0n) is 14.3. The molecule has 0 fully saturated rings. The van der Waals surface area contributed by atoms with Crippen LogP contribution in [0.5, 0.6) is 0 Å². The number of aryl methyl sites for hydroxylation is 1. The van der Waals surface area contributed by atoms with Crippen LogP contribution < -0.4 is 5.73 Å². The van der Waals surface area contributed by atoms with E-state index in [-0.39, 0.29) is 5.97 Å². The Hall–Kier alpha value is -2.33. The summed E-state index contributed by atoms with van der Waals surface area (Å²) in [5.41, 5.74) is 8.16. The lowest BCUT2D eigenvalue weighted by molar-refractivity contribution is 0.0491. The third kappa shape index (κ3) is 6.42. The summed E-state index contributed by atoms with van der Waals surface area (Å²) in [5, 5.41) is 0. The summed E-state index contributed by atoms with van der Waals surface area (Å²) in [6.07, 6.45) is 3.06. The van der Waals surface area contributed by atoms with Gasteiger partial charge < -0.3 is 15.4 Å². The van der Waals surface area contributed by atoms with Crippen LogP contribution in [0.1, 0.15) is 28.8 Å². The largest absolute Gasteiger partial charge is 0.462 e. The molecule has 2 aromatic rings. The van der Waals surface area contributed by atoms with Gasteiger partial charge in [0.2, 0.25) is 0 Å². The number of benzene rings is 2. The third-order valence-corrected chi connectivity index (χ3v) is 3.91. The third-order valence-electron chi connectivity index (χ3n) is 3.91. The normalized spacial score (nSPS) is 10.8. The fourth-order valence-corrected chi connectivity index (χ4v) is 2.51. The Bertz CT molecular complexity index is 611. The predicted octanol–water partition coefficient (Wildman–Crippen LogP) is 3.38. The van der Waals surface area contributed by atoms with Gasteiger partial charge in [-0.05, 0) is 62.7 Å². The first-order valence-electron chi connectivity index (χ1n) is 8.40. The van der Waals surface area contributed by atoms with E-state index in [9.17, 15) is 4.79 Å². The van der Waals surface area contributed by atoms with Gasteiger partial charge in [-0.25, -0.2) is 4.79 Å². The lowest BCUT2D eigenvalue weighted by Crippen LogP contribution is -2.23. The second-order valence-electron chi connectivity index (χ2n) is 6.00.